The van der Waals surface area contributed by atoms with Crippen LogP contribution in [0.5, 0.6) is 0 Å². The quantitative estimate of drug-likeness (QED) is 0.352. The van der Waals surface area contributed by atoms with Crippen molar-refractivity contribution >= 4 is 0 Å². The Labute approximate surface area is 203 Å². The zero-order chi connectivity index (χ0) is 25.8. The third-order valence-corrected chi connectivity index (χ3v) is 7.72. The first-order valence-electron chi connectivity index (χ1n) is 11.8. The molecule has 0 radical (unpaired) electrons. The van der Waals surface area contributed by atoms with Crippen molar-refractivity contribution in [1.82, 2.24) is 15.0 Å². The number of aromatic nitrogens is 3. The van der Waals surface area contributed by atoms with Crippen LogP contribution in [0.4, 0.5) is 0 Å². The van der Waals surface area contributed by atoms with Gasteiger partial charge in [-0.1, -0.05) is 0 Å². The van der Waals surface area contributed by atoms with Gasteiger partial charge in [0.25, 0.3) is 0 Å². The van der Waals surface area contributed by atoms with E-state index in [0.29, 0.717) is 0 Å². The first-order chi connectivity index (χ1) is 15.1. The lowest BCUT2D eigenvalue weighted by molar-refractivity contribution is 0.875. The molecule has 3 nitrogen and oxygen atoms in total. The summed E-state index contributed by atoms with van der Waals surface area (Å²) in [4.78, 5) is 12.0. The van der Waals surface area contributed by atoms with Gasteiger partial charge in [0.2, 0.25) is 0 Å². The summed E-state index contributed by atoms with van der Waals surface area (Å²) in [7, 11) is 0. The highest BCUT2D eigenvalue weighted by Crippen LogP contribution is 2.25. The third kappa shape index (κ3) is 6.72. The molecular formula is C30H45N3. The molecule has 0 spiro atoms. The number of nitrogens with zero attached hydrogens (tertiary/aromatic N) is 3. The van der Waals surface area contributed by atoms with Gasteiger partial charge >= 0.3 is 0 Å². The number of hydrogen-bond donors (Lipinski definition) is 0. The van der Waals surface area contributed by atoms with Gasteiger partial charge in [0, 0.05) is 0 Å². The van der Waals surface area contributed by atoms with Crippen LogP contribution in [-0.2, 0) is 0 Å². The summed E-state index contributed by atoms with van der Waals surface area (Å²) in [6, 6.07) is 0. The average Bonchev–Trinajstić information content (AvgIpc) is 2.76. The monoisotopic (exact) mass is 447 g/mol. The maximum absolute atomic E-state index is 4.01. The summed E-state index contributed by atoms with van der Waals surface area (Å²) in [5, 5.41) is 0. The van der Waals surface area contributed by atoms with Gasteiger partial charge in [-0.3, -0.25) is 0 Å². The fourth-order valence-electron chi connectivity index (χ4n) is 4.15. The van der Waals surface area contributed by atoms with Crippen molar-refractivity contribution in [2.75, 3.05) is 0 Å². The van der Waals surface area contributed by atoms with Crippen LogP contribution in [0.15, 0.2) is 0 Å². The molecule has 1 aromatic heterocycles. The molecule has 0 atom stereocenters. The van der Waals surface area contributed by atoms with E-state index in [1.807, 2.05) is 20.8 Å². The molecule has 0 amide bonds. The molecule has 0 unspecified atom stereocenters. The minimum Gasteiger partial charge on any atom is -0.219 e. The first kappa shape index (κ1) is 28.5. The van der Waals surface area contributed by atoms with Gasteiger partial charge in [-0.2, -0.15) is 0 Å². The molecule has 180 valence electrons. The average molecular weight is 448 g/mol. The Kier molecular flexibility index (Phi) is 9.96. The highest BCUT2D eigenvalue weighted by Gasteiger charge is 2.08. The van der Waals surface area contributed by atoms with E-state index in [0.717, 1.165) is 17.5 Å². The first-order valence-corrected chi connectivity index (χ1v) is 11.8. The van der Waals surface area contributed by atoms with Crippen LogP contribution >= 0.6 is 0 Å². The molecular weight excluding hydrogens is 402 g/mol. The van der Waals surface area contributed by atoms with Crippen molar-refractivity contribution in [1.29, 1.82) is 0 Å². The SMILES string of the molecule is Cc1c(C)c(C)c(C)c(C)c1C.Cc1c(C)c(C)c(C)c(C)c1C.Cc1nc(C)nc(C)n1. The van der Waals surface area contributed by atoms with Gasteiger partial charge in [-0.25, -0.2) is 15.0 Å². The number of benzene rings is 2. The van der Waals surface area contributed by atoms with Crippen molar-refractivity contribution in [3.05, 3.63) is 84.2 Å². The smallest absolute Gasteiger partial charge is 0.129 e. The molecule has 2 aromatic carbocycles. The number of hydrogen-bond acceptors (Lipinski definition) is 3. The molecule has 0 saturated carbocycles. The molecule has 0 fully saturated rings. The Morgan fingerprint density at radius 3 is 0.394 bits per heavy atom. The second kappa shape index (κ2) is 11.5. The summed E-state index contributed by atoms with van der Waals surface area (Å²) in [6.07, 6.45) is 0. The van der Waals surface area contributed by atoms with Crippen LogP contribution < -0.4 is 0 Å². The van der Waals surface area contributed by atoms with Gasteiger partial charge in [0.15, 0.2) is 0 Å². The van der Waals surface area contributed by atoms with Gasteiger partial charge in [-0.05, 0) is 171 Å². The van der Waals surface area contributed by atoms with Gasteiger partial charge in [-0.15, -0.1) is 0 Å². The number of rotatable bonds is 0. The highest BCUT2D eigenvalue weighted by atomic mass is 15.0. The van der Waals surface area contributed by atoms with Crippen LogP contribution in [0.25, 0.3) is 0 Å². The maximum Gasteiger partial charge on any atom is 0.129 e. The Bertz CT molecular complexity index is 826. The van der Waals surface area contributed by atoms with Crippen LogP contribution in [0.2, 0.25) is 0 Å². The van der Waals surface area contributed by atoms with Gasteiger partial charge < -0.3 is 0 Å². The van der Waals surface area contributed by atoms with Gasteiger partial charge in [0.05, 0.1) is 0 Å². The van der Waals surface area contributed by atoms with Crippen LogP contribution in [-0.4, -0.2) is 15.0 Å². The summed E-state index contributed by atoms with van der Waals surface area (Å²) in [6.45, 7) is 32.1. The Balaban J connectivity index is 0.000000250. The number of aryl methyl sites for hydroxylation is 3. The lowest BCUT2D eigenvalue weighted by Gasteiger charge is -2.15. The third-order valence-electron chi connectivity index (χ3n) is 7.72. The minimum atomic E-state index is 0.792. The Hall–Kier alpha value is -2.55. The molecule has 3 heteroatoms. The molecule has 3 rings (SSSR count). The van der Waals surface area contributed by atoms with E-state index in [9.17, 15) is 0 Å². The molecule has 0 aliphatic rings. The predicted molar refractivity (Wildman–Crippen MR) is 144 cm³/mol. The van der Waals surface area contributed by atoms with Gasteiger partial charge in [0.1, 0.15) is 17.5 Å². The van der Waals surface area contributed by atoms with E-state index in [4.69, 9.17) is 0 Å². The van der Waals surface area contributed by atoms with Crippen molar-refractivity contribution in [3.8, 4) is 0 Å². The lowest BCUT2D eigenvalue weighted by Crippen LogP contribution is -1.98. The topological polar surface area (TPSA) is 38.7 Å². The van der Waals surface area contributed by atoms with Crippen LogP contribution in [0.3, 0.4) is 0 Å². The van der Waals surface area contributed by atoms with E-state index < -0.39 is 0 Å². The fourth-order valence-corrected chi connectivity index (χ4v) is 4.15. The predicted octanol–water partition coefficient (Wildman–Crippen LogP) is 7.87. The summed E-state index contributed by atoms with van der Waals surface area (Å²) in [5.41, 5.74) is 17.5. The second-order valence-corrected chi connectivity index (χ2v) is 9.48. The normalized spacial score (nSPS) is 10.3. The molecule has 0 N–H and O–H groups in total. The van der Waals surface area contributed by atoms with E-state index >= 15 is 0 Å². The minimum absolute atomic E-state index is 0.792. The lowest BCUT2D eigenvalue weighted by atomic mass is 9.90. The standard InChI is InChI=1S/2C12H18.C6H9N3/c2*1-7-8(2)10(4)12(6)11(5)9(7)3;1-4-7-5(2)9-6(3)8-4/h2*1-6H3;1-3H3. The Morgan fingerprint density at radius 1 is 0.212 bits per heavy atom. The summed E-state index contributed by atoms with van der Waals surface area (Å²) < 4.78 is 0. The highest BCUT2D eigenvalue weighted by molar-refractivity contribution is 5.49. The molecule has 33 heavy (non-hydrogen) atoms. The van der Waals surface area contributed by atoms with Crippen molar-refractivity contribution < 1.29 is 0 Å². The van der Waals surface area contributed by atoms with E-state index in [1.165, 1.54) is 66.8 Å². The van der Waals surface area contributed by atoms with E-state index in [1.54, 1.807) is 0 Å². The van der Waals surface area contributed by atoms with Crippen molar-refractivity contribution in [3.63, 3.8) is 0 Å². The zero-order valence-corrected chi connectivity index (χ0v) is 23.8. The van der Waals surface area contributed by atoms with Crippen LogP contribution in [0, 0.1) is 104 Å². The fraction of sp³-hybridized carbons (Fsp3) is 0.500. The summed E-state index contributed by atoms with van der Waals surface area (Å²) in [5.74, 6) is 2.38. The van der Waals surface area contributed by atoms with E-state index in [-0.39, 0.29) is 0 Å². The Morgan fingerprint density at radius 2 is 0.303 bits per heavy atom. The van der Waals surface area contributed by atoms with Crippen molar-refractivity contribution in [2.24, 2.45) is 0 Å². The van der Waals surface area contributed by atoms with E-state index in [2.05, 4.69) is 98.0 Å². The maximum atomic E-state index is 4.01. The second-order valence-electron chi connectivity index (χ2n) is 9.48. The molecule has 3 aromatic rings. The molecule has 1 heterocycles. The molecule has 0 saturated heterocycles. The van der Waals surface area contributed by atoms with Crippen molar-refractivity contribution in [2.45, 2.75) is 104 Å². The molecule has 0 aliphatic heterocycles. The zero-order valence-electron chi connectivity index (χ0n) is 23.8. The molecule has 0 bridgehead atoms. The summed E-state index contributed by atoms with van der Waals surface area (Å²) >= 11 is 0. The largest absolute Gasteiger partial charge is 0.219 e. The van der Waals surface area contributed by atoms with Crippen LogP contribution in [0.1, 0.15) is 84.2 Å². The molecule has 0 aliphatic carbocycles.